The second-order valence-electron chi connectivity index (χ2n) is 7.27. The molecule has 6 nitrogen and oxygen atoms in total. The first kappa shape index (κ1) is 20.3. The molecule has 1 atom stereocenters. The molecule has 7 heteroatoms. The Kier molecular flexibility index (Phi) is 7.03. The van der Waals surface area contributed by atoms with E-state index in [0.717, 1.165) is 36.2 Å². The standard InChI is InChI=1S/C21H28N4O2S/c1-15-12-16(2)25(24-15)19(18-9-11-28-14-18)13-23-21(27)20(26)22-10-8-17-6-4-3-5-7-17/h6,9,11-12,14,19H,3-5,7-8,10,13H2,1-2H3,(H,22,26)(H,23,27)/t19-/m1/s1. The number of hydrogen-bond acceptors (Lipinski definition) is 4. The quantitative estimate of drug-likeness (QED) is 0.553. The maximum Gasteiger partial charge on any atom is 0.309 e. The lowest BCUT2D eigenvalue weighted by Gasteiger charge is -2.19. The van der Waals surface area contributed by atoms with Crippen molar-refractivity contribution in [1.29, 1.82) is 0 Å². The molecule has 2 amide bonds. The minimum atomic E-state index is -0.598. The van der Waals surface area contributed by atoms with E-state index in [2.05, 4.69) is 21.8 Å². The van der Waals surface area contributed by atoms with Gasteiger partial charge < -0.3 is 10.6 Å². The molecular weight excluding hydrogens is 372 g/mol. The van der Waals surface area contributed by atoms with E-state index in [0.29, 0.717) is 13.1 Å². The Morgan fingerprint density at radius 2 is 2.07 bits per heavy atom. The van der Waals surface area contributed by atoms with E-state index in [1.165, 1.54) is 18.4 Å². The molecular formula is C21H28N4O2S. The summed E-state index contributed by atoms with van der Waals surface area (Å²) in [5.74, 6) is -1.17. The van der Waals surface area contributed by atoms with Crippen molar-refractivity contribution in [3.63, 3.8) is 0 Å². The zero-order valence-corrected chi connectivity index (χ0v) is 17.3. The molecule has 0 unspecified atom stereocenters. The summed E-state index contributed by atoms with van der Waals surface area (Å²) in [4.78, 5) is 24.4. The summed E-state index contributed by atoms with van der Waals surface area (Å²) in [7, 11) is 0. The third kappa shape index (κ3) is 5.32. The second kappa shape index (κ2) is 9.68. The first-order valence-electron chi connectivity index (χ1n) is 9.83. The van der Waals surface area contributed by atoms with Crippen molar-refractivity contribution >= 4 is 23.2 Å². The summed E-state index contributed by atoms with van der Waals surface area (Å²) in [6, 6.07) is 3.90. The van der Waals surface area contributed by atoms with Crippen molar-refractivity contribution in [3.05, 3.63) is 51.5 Å². The summed E-state index contributed by atoms with van der Waals surface area (Å²) in [6.07, 6.45) is 7.78. The summed E-state index contributed by atoms with van der Waals surface area (Å²) in [5, 5.41) is 14.1. The maximum atomic E-state index is 12.3. The van der Waals surface area contributed by atoms with Crippen LogP contribution in [0.3, 0.4) is 0 Å². The Hall–Kier alpha value is -2.41. The Labute approximate surface area is 170 Å². The van der Waals surface area contributed by atoms with Gasteiger partial charge in [-0.1, -0.05) is 11.6 Å². The SMILES string of the molecule is Cc1cc(C)n([C@H](CNC(=O)C(=O)NCCC2=CCCCC2)c2ccsc2)n1. The second-order valence-corrected chi connectivity index (χ2v) is 8.05. The van der Waals surface area contributed by atoms with Crippen molar-refractivity contribution < 1.29 is 9.59 Å². The number of thiophene rings is 1. The van der Waals surface area contributed by atoms with Crippen molar-refractivity contribution in [3.8, 4) is 0 Å². The van der Waals surface area contributed by atoms with Crippen LogP contribution in [0.2, 0.25) is 0 Å². The van der Waals surface area contributed by atoms with Crippen LogP contribution in [-0.4, -0.2) is 34.7 Å². The van der Waals surface area contributed by atoms with Gasteiger partial charge >= 0.3 is 11.8 Å². The Morgan fingerprint density at radius 1 is 1.25 bits per heavy atom. The van der Waals surface area contributed by atoms with Crippen molar-refractivity contribution in [2.24, 2.45) is 0 Å². The fraction of sp³-hybridized carbons (Fsp3) is 0.476. The highest BCUT2D eigenvalue weighted by Crippen LogP contribution is 2.22. The molecule has 1 aliphatic rings. The highest BCUT2D eigenvalue weighted by atomic mass is 32.1. The van der Waals surface area contributed by atoms with Crippen LogP contribution in [0, 0.1) is 13.8 Å². The van der Waals surface area contributed by atoms with Gasteiger partial charge in [0.1, 0.15) is 0 Å². The topological polar surface area (TPSA) is 76.0 Å². The van der Waals surface area contributed by atoms with Gasteiger partial charge in [0.05, 0.1) is 11.7 Å². The highest BCUT2D eigenvalue weighted by Gasteiger charge is 2.21. The minimum Gasteiger partial charge on any atom is -0.348 e. The lowest BCUT2D eigenvalue weighted by molar-refractivity contribution is -0.139. The average Bonchev–Trinajstić information content (AvgIpc) is 3.33. The molecule has 2 aromatic heterocycles. The zero-order valence-electron chi connectivity index (χ0n) is 16.5. The predicted octanol–water partition coefficient (Wildman–Crippen LogP) is 3.27. The molecule has 2 heterocycles. The van der Waals surface area contributed by atoms with E-state index in [4.69, 9.17) is 0 Å². The smallest absolute Gasteiger partial charge is 0.309 e. The number of allylic oxidation sites excluding steroid dienone is 1. The monoisotopic (exact) mass is 400 g/mol. The van der Waals surface area contributed by atoms with E-state index in [-0.39, 0.29) is 6.04 Å². The summed E-state index contributed by atoms with van der Waals surface area (Å²) in [5.41, 5.74) is 4.40. The number of rotatable bonds is 7. The minimum absolute atomic E-state index is 0.135. The Balaban J connectivity index is 1.54. The number of hydrogen-bond donors (Lipinski definition) is 2. The third-order valence-electron chi connectivity index (χ3n) is 5.05. The van der Waals surface area contributed by atoms with E-state index < -0.39 is 11.8 Å². The molecule has 0 saturated carbocycles. The number of aryl methyl sites for hydroxylation is 2. The molecule has 3 rings (SSSR count). The lowest BCUT2D eigenvalue weighted by Crippen LogP contribution is -2.42. The molecule has 2 N–H and O–H groups in total. The summed E-state index contributed by atoms with van der Waals surface area (Å²) >= 11 is 1.60. The number of amides is 2. The van der Waals surface area contributed by atoms with Gasteiger partial charge in [0.25, 0.3) is 0 Å². The van der Waals surface area contributed by atoms with Gasteiger partial charge in [0, 0.05) is 18.8 Å². The fourth-order valence-corrected chi connectivity index (χ4v) is 4.30. The summed E-state index contributed by atoms with van der Waals surface area (Å²) < 4.78 is 1.91. The van der Waals surface area contributed by atoms with Crippen molar-refractivity contribution in [1.82, 2.24) is 20.4 Å². The van der Waals surface area contributed by atoms with Crippen LogP contribution < -0.4 is 10.6 Å². The first-order chi connectivity index (χ1) is 13.5. The Morgan fingerprint density at radius 3 is 2.71 bits per heavy atom. The van der Waals surface area contributed by atoms with Gasteiger partial charge in [-0.2, -0.15) is 16.4 Å². The van der Waals surface area contributed by atoms with Crippen LogP contribution >= 0.6 is 11.3 Å². The lowest BCUT2D eigenvalue weighted by atomic mass is 9.97. The molecule has 1 aliphatic carbocycles. The van der Waals surface area contributed by atoms with E-state index in [9.17, 15) is 9.59 Å². The first-order valence-corrected chi connectivity index (χ1v) is 10.8. The molecule has 0 saturated heterocycles. The number of carbonyl (C=O) groups is 2. The van der Waals surface area contributed by atoms with Crippen LogP contribution in [0.1, 0.15) is 55.1 Å². The fourth-order valence-electron chi connectivity index (χ4n) is 3.59. The molecule has 0 spiro atoms. The molecule has 28 heavy (non-hydrogen) atoms. The highest BCUT2D eigenvalue weighted by molar-refractivity contribution is 7.08. The van der Waals surface area contributed by atoms with Crippen LogP contribution in [0.25, 0.3) is 0 Å². The number of nitrogens with one attached hydrogen (secondary N) is 2. The normalized spacial score (nSPS) is 15.0. The van der Waals surface area contributed by atoms with Gasteiger partial charge in [-0.25, -0.2) is 0 Å². The molecule has 150 valence electrons. The van der Waals surface area contributed by atoms with E-state index in [1.54, 1.807) is 11.3 Å². The van der Waals surface area contributed by atoms with E-state index in [1.807, 2.05) is 41.4 Å². The molecule has 0 radical (unpaired) electrons. The van der Waals surface area contributed by atoms with Gasteiger partial charge in [-0.05, 0) is 74.4 Å². The summed E-state index contributed by atoms with van der Waals surface area (Å²) in [6.45, 7) is 4.76. The van der Waals surface area contributed by atoms with Crippen LogP contribution in [0.4, 0.5) is 0 Å². The maximum absolute atomic E-state index is 12.3. The number of carbonyl (C=O) groups excluding carboxylic acids is 2. The predicted molar refractivity (Wildman–Crippen MR) is 111 cm³/mol. The van der Waals surface area contributed by atoms with Crippen LogP contribution in [0.15, 0.2) is 34.5 Å². The molecule has 0 bridgehead atoms. The molecule has 2 aromatic rings. The van der Waals surface area contributed by atoms with Gasteiger partial charge in [0.15, 0.2) is 0 Å². The molecule has 0 aliphatic heterocycles. The van der Waals surface area contributed by atoms with Crippen LogP contribution in [-0.2, 0) is 9.59 Å². The number of aromatic nitrogens is 2. The van der Waals surface area contributed by atoms with Crippen LogP contribution in [0.5, 0.6) is 0 Å². The zero-order chi connectivity index (χ0) is 19.9. The largest absolute Gasteiger partial charge is 0.348 e. The number of nitrogens with zero attached hydrogens (tertiary/aromatic N) is 2. The van der Waals surface area contributed by atoms with E-state index >= 15 is 0 Å². The third-order valence-corrected chi connectivity index (χ3v) is 5.75. The van der Waals surface area contributed by atoms with Crippen molar-refractivity contribution in [2.45, 2.75) is 52.0 Å². The van der Waals surface area contributed by atoms with Gasteiger partial charge in [-0.3, -0.25) is 14.3 Å². The van der Waals surface area contributed by atoms with Crippen molar-refractivity contribution in [2.75, 3.05) is 13.1 Å². The Bertz CT molecular complexity index is 839. The van der Waals surface area contributed by atoms with Gasteiger partial charge in [-0.15, -0.1) is 0 Å². The van der Waals surface area contributed by atoms with Gasteiger partial charge in [0.2, 0.25) is 0 Å². The molecule has 0 fully saturated rings. The average molecular weight is 401 g/mol. The molecule has 0 aromatic carbocycles.